The molecule has 2 aliphatic rings. The van der Waals surface area contributed by atoms with E-state index in [0.29, 0.717) is 26.2 Å². The van der Waals surface area contributed by atoms with Gasteiger partial charge in [0.1, 0.15) is 11.8 Å². The molecule has 0 aromatic heterocycles. The fraction of sp³-hybridized carbons (Fsp3) is 0.588. The maximum atomic E-state index is 13.4. The fourth-order valence-electron chi connectivity index (χ4n) is 3.22. The van der Waals surface area contributed by atoms with Crippen LogP contribution in [0.3, 0.4) is 0 Å². The summed E-state index contributed by atoms with van der Waals surface area (Å²) in [6.45, 7) is 1.14. The van der Waals surface area contributed by atoms with Crippen molar-refractivity contribution in [2.45, 2.75) is 24.7 Å². The number of para-hydroxylation sites is 1. The van der Waals surface area contributed by atoms with Gasteiger partial charge in [-0.1, -0.05) is 18.2 Å². The van der Waals surface area contributed by atoms with Gasteiger partial charge in [-0.05, 0) is 6.07 Å². The van der Waals surface area contributed by atoms with Crippen LogP contribution in [0, 0.1) is 0 Å². The molecule has 1 saturated heterocycles. The Labute approximate surface area is 150 Å². The first-order valence-corrected chi connectivity index (χ1v) is 8.62. The van der Waals surface area contributed by atoms with E-state index >= 15 is 0 Å². The molecule has 26 heavy (non-hydrogen) atoms. The fourth-order valence-corrected chi connectivity index (χ4v) is 3.22. The van der Waals surface area contributed by atoms with Gasteiger partial charge in [0.2, 0.25) is 0 Å². The van der Waals surface area contributed by atoms with Gasteiger partial charge in [-0.2, -0.15) is 13.2 Å². The number of guanidine groups is 1. The Hall–Kier alpha value is -2.00. The monoisotopic (exact) mass is 372 g/mol. The summed E-state index contributed by atoms with van der Waals surface area (Å²) in [7, 11) is 0. The molecule has 1 aromatic rings. The van der Waals surface area contributed by atoms with Crippen LogP contribution in [0.25, 0.3) is 0 Å². The van der Waals surface area contributed by atoms with Crippen LogP contribution in [0.1, 0.15) is 18.0 Å². The third-order valence-corrected chi connectivity index (χ3v) is 4.58. The van der Waals surface area contributed by atoms with Crippen molar-refractivity contribution >= 4 is 5.96 Å². The summed E-state index contributed by atoms with van der Waals surface area (Å²) in [4.78, 5) is 5.32. The van der Waals surface area contributed by atoms with Crippen molar-refractivity contribution in [2.75, 3.05) is 39.5 Å². The number of hydrogen-bond acceptors (Lipinski definition) is 4. The van der Waals surface area contributed by atoms with E-state index in [0.717, 1.165) is 11.3 Å². The summed E-state index contributed by atoms with van der Waals surface area (Å²) in [6.07, 6.45) is -3.70. The Balaban J connectivity index is 1.65. The molecule has 2 unspecified atom stereocenters. The molecule has 3 N–H and O–H groups in total. The number of rotatable bonds is 4. The molecule has 0 bridgehead atoms. The standard InChI is InChI=1S/C17H23F3N4O2/c18-17(19,20)15(24-6-9-25-10-7-24)11-22-16(21)23-13-5-8-26-14-4-2-1-3-12(13)14/h1-4,13,15H,5-11H2,(H3,21,22,23). The zero-order valence-corrected chi connectivity index (χ0v) is 14.3. The molecule has 0 radical (unpaired) electrons. The Morgan fingerprint density at radius 3 is 2.73 bits per heavy atom. The zero-order chi connectivity index (χ0) is 18.6. The second-order valence-electron chi connectivity index (χ2n) is 6.30. The lowest BCUT2D eigenvalue weighted by Gasteiger charge is -2.34. The number of nitrogens with zero attached hydrogens (tertiary/aromatic N) is 2. The van der Waals surface area contributed by atoms with Crippen molar-refractivity contribution < 1.29 is 22.6 Å². The zero-order valence-electron chi connectivity index (χ0n) is 14.3. The minimum Gasteiger partial charge on any atom is -0.493 e. The summed E-state index contributed by atoms with van der Waals surface area (Å²) < 4.78 is 50.8. The lowest BCUT2D eigenvalue weighted by molar-refractivity contribution is -0.188. The first-order chi connectivity index (χ1) is 12.4. The van der Waals surface area contributed by atoms with Crippen LogP contribution < -0.4 is 15.8 Å². The van der Waals surface area contributed by atoms with E-state index in [9.17, 15) is 13.2 Å². The van der Waals surface area contributed by atoms with Gasteiger partial charge in [0.15, 0.2) is 5.96 Å². The second-order valence-corrected chi connectivity index (χ2v) is 6.30. The number of ether oxygens (including phenoxy) is 2. The molecular weight excluding hydrogens is 349 g/mol. The molecular formula is C17H23F3N4O2. The van der Waals surface area contributed by atoms with Crippen molar-refractivity contribution in [3.05, 3.63) is 29.8 Å². The highest BCUT2D eigenvalue weighted by Crippen LogP contribution is 2.31. The predicted octanol–water partition coefficient (Wildman–Crippen LogP) is 1.68. The third-order valence-electron chi connectivity index (χ3n) is 4.58. The molecule has 2 aliphatic heterocycles. The quantitative estimate of drug-likeness (QED) is 0.622. The van der Waals surface area contributed by atoms with Crippen molar-refractivity contribution in [3.8, 4) is 5.75 Å². The van der Waals surface area contributed by atoms with Gasteiger partial charge in [-0.3, -0.25) is 9.89 Å². The predicted molar refractivity (Wildman–Crippen MR) is 91.2 cm³/mol. The Kier molecular flexibility index (Phi) is 5.87. The van der Waals surface area contributed by atoms with Crippen molar-refractivity contribution in [3.63, 3.8) is 0 Å². The van der Waals surface area contributed by atoms with Crippen LogP contribution >= 0.6 is 0 Å². The van der Waals surface area contributed by atoms with Gasteiger partial charge in [0.25, 0.3) is 0 Å². The minimum absolute atomic E-state index is 0.00853. The number of halogens is 3. The van der Waals surface area contributed by atoms with Crippen LogP contribution in [0.15, 0.2) is 29.3 Å². The summed E-state index contributed by atoms with van der Waals surface area (Å²) in [6, 6.07) is 5.73. The van der Waals surface area contributed by atoms with Gasteiger partial charge in [0.05, 0.1) is 32.4 Å². The third kappa shape index (κ3) is 4.59. The second kappa shape index (κ2) is 8.13. The number of fused-ring (bicyclic) bond motifs is 1. The van der Waals surface area contributed by atoms with Crippen molar-refractivity contribution in [1.82, 2.24) is 10.2 Å². The maximum Gasteiger partial charge on any atom is 0.405 e. The number of alkyl halides is 3. The molecule has 144 valence electrons. The number of nitrogens with one attached hydrogen (secondary N) is 1. The molecule has 1 aromatic carbocycles. The highest BCUT2D eigenvalue weighted by molar-refractivity contribution is 5.78. The molecule has 0 aliphatic carbocycles. The SMILES string of the molecule is NC(=NCC(N1CCOCC1)C(F)(F)F)NC1CCOc2ccccc21. The topological polar surface area (TPSA) is 72.1 Å². The van der Waals surface area contributed by atoms with Crippen LogP contribution in [0.5, 0.6) is 5.75 Å². The molecule has 0 amide bonds. The van der Waals surface area contributed by atoms with Crippen molar-refractivity contribution in [1.29, 1.82) is 0 Å². The van der Waals surface area contributed by atoms with E-state index < -0.39 is 18.8 Å². The number of benzene rings is 1. The van der Waals surface area contributed by atoms with Gasteiger partial charge in [-0.25, -0.2) is 0 Å². The van der Waals surface area contributed by atoms with Crippen molar-refractivity contribution in [2.24, 2.45) is 10.7 Å². The molecule has 1 fully saturated rings. The van der Waals surface area contributed by atoms with Crippen LogP contribution in [0.2, 0.25) is 0 Å². The first-order valence-electron chi connectivity index (χ1n) is 8.62. The number of aliphatic imine (C=N–C) groups is 1. The molecule has 2 heterocycles. The molecule has 6 nitrogen and oxygen atoms in total. The molecule has 3 rings (SSSR count). The normalized spacial score (nSPS) is 23.0. The molecule has 0 saturated carbocycles. The number of nitrogens with two attached hydrogens (primary N) is 1. The van der Waals surface area contributed by atoms with E-state index in [-0.39, 0.29) is 25.1 Å². The Bertz CT molecular complexity index is 633. The van der Waals surface area contributed by atoms with E-state index in [1.165, 1.54) is 4.90 Å². The molecule has 0 spiro atoms. The molecule has 2 atom stereocenters. The van der Waals surface area contributed by atoms with E-state index in [1.54, 1.807) is 0 Å². The average Bonchev–Trinajstić information content (AvgIpc) is 2.62. The Morgan fingerprint density at radius 2 is 2.00 bits per heavy atom. The summed E-state index contributed by atoms with van der Waals surface area (Å²) in [5.41, 5.74) is 6.80. The van der Waals surface area contributed by atoms with Crippen LogP contribution in [-0.2, 0) is 4.74 Å². The van der Waals surface area contributed by atoms with Crippen LogP contribution in [-0.4, -0.2) is 62.5 Å². The first kappa shape index (κ1) is 18.8. The van der Waals surface area contributed by atoms with E-state index in [4.69, 9.17) is 15.2 Å². The smallest absolute Gasteiger partial charge is 0.405 e. The maximum absolute atomic E-state index is 13.4. The minimum atomic E-state index is -4.37. The lowest BCUT2D eigenvalue weighted by atomic mass is 10.0. The number of morpholine rings is 1. The van der Waals surface area contributed by atoms with E-state index in [2.05, 4.69) is 10.3 Å². The lowest BCUT2D eigenvalue weighted by Crippen LogP contribution is -2.52. The highest BCUT2D eigenvalue weighted by atomic mass is 19.4. The van der Waals surface area contributed by atoms with Crippen LogP contribution in [0.4, 0.5) is 13.2 Å². The Morgan fingerprint density at radius 1 is 1.27 bits per heavy atom. The summed E-state index contributed by atoms with van der Waals surface area (Å²) in [5, 5.41) is 3.02. The molecule has 9 heteroatoms. The van der Waals surface area contributed by atoms with Gasteiger partial charge < -0.3 is 20.5 Å². The largest absolute Gasteiger partial charge is 0.493 e. The van der Waals surface area contributed by atoms with Gasteiger partial charge >= 0.3 is 6.18 Å². The van der Waals surface area contributed by atoms with E-state index in [1.807, 2.05) is 24.3 Å². The number of hydrogen-bond donors (Lipinski definition) is 2. The average molecular weight is 372 g/mol. The summed E-state index contributed by atoms with van der Waals surface area (Å²) >= 11 is 0. The van der Waals surface area contributed by atoms with Gasteiger partial charge in [-0.15, -0.1) is 0 Å². The summed E-state index contributed by atoms with van der Waals surface area (Å²) in [5.74, 6) is 0.764. The van der Waals surface area contributed by atoms with Gasteiger partial charge in [0, 0.05) is 25.1 Å². The highest BCUT2D eigenvalue weighted by Gasteiger charge is 2.43.